The van der Waals surface area contributed by atoms with Crippen LogP contribution < -0.4 is 16.4 Å². The minimum Gasteiger partial charge on any atom is -0.376 e. The van der Waals surface area contributed by atoms with E-state index in [1.807, 2.05) is 37.3 Å². The quantitative estimate of drug-likeness (QED) is 0.435. The Morgan fingerprint density at radius 3 is 2.43 bits per heavy atom. The second-order valence-corrected chi connectivity index (χ2v) is 6.74. The molecule has 0 aromatic heterocycles. The molecule has 2 aromatic carbocycles. The fraction of sp³-hybridized carbons (Fsp3) is 0.364. The fourth-order valence-corrected chi connectivity index (χ4v) is 2.57. The number of hydrogen-bond donors (Lipinski definition) is 3. The molecule has 6 nitrogen and oxygen atoms in total. The van der Waals surface area contributed by atoms with Crippen LogP contribution in [0.25, 0.3) is 0 Å². The third kappa shape index (κ3) is 7.80. The van der Waals surface area contributed by atoms with Gasteiger partial charge in [-0.25, -0.2) is 4.99 Å². The van der Waals surface area contributed by atoms with Gasteiger partial charge in [-0.2, -0.15) is 0 Å². The van der Waals surface area contributed by atoms with E-state index in [1.165, 1.54) is 5.56 Å². The van der Waals surface area contributed by atoms with Gasteiger partial charge in [0.15, 0.2) is 5.96 Å². The summed E-state index contributed by atoms with van der Waals surface area (Å²) in [6.07, 6.45) is 0. The number of nitrogens with two attached hydrogens (primary N) is 1. The number of carbonyl (C=O) groups is 1. The van der Waals surface area contributed by atoms with Crippen LogP contribution in [0.2, 0.25) is 0 Å². The lowest BCUT2D eigenvalue weighted by atomic mass is 10.1. The van der Waals surface area contributed by atoms with Crippen LogP contribution in [0.4, 0.5) is 0 Å². The van der Waals surface area contributed by atoms with Gasteiger partial charge in [-0.3, -0.25) is 4.79 Å². The number of aliphatic imine (C=N–C) groups is 1. The molecule has 0 spiro atoms. The predicted octanol–water partition coefficient (Wildman–Crippen LogP) is 2.69. The SMILES string of the molecule is CCNC(=NCc1ccc(C(N)=O)cc1)NCC(C)COCc1ccccc1. The fourth-order valence-electron chi connectivity index (χ4n) is 2.57. The van der Waals surface area contributed by atoms with Crippen LogP contribution >= 0.6 is 0 Å². The van der Waals surface area contributed by atoms with Crippen LogP contribution in [0.15, 0.2) is 59.6 Å². The van der Waals surface area contributed by atoms with Gasteiger partial charge in [0, 0.05) is 18.7 Å². The van der Waals surface area contributed by atoms with Crippen molar-refractivity contribution in [3.05, 3.63) is 71.3 Å². The zero-order valence-corrected chi connectivity index (χ0v) is 16.7. The van der Waals surface area contributed by atoms with Gasteiger partial charge >= 0.3 is 0 Å². The first-order valence-electron chi connectivity index (χ1n) is 9.61. The number of hydrogen-bond acceptors (Lipinski definition) is 3. The summed E-state index contributed by atoms with van der Waals surface area (Å²) in [6, 6.07) is 17.3. The van der Waals surface area contributed by atoms with E-state index in [1.54, 1.807) is 12.1 Å². The minimum atomic E-state index is -0.423. The number of benzene rings is 2. The number of ether oxygens (including phenoxy) is 1. The van der Waals surface area contributed by atoms with Crippen molar-refractivity contribution in [2.45, 2.75) is 27.0 Å². The summed E-state index contributed by atoms with van der Waals surface area (Å²) in [5.41, 5.74) is 7.96. The molecule has 1 amide bonds. The second kappa shape index (κ2) is 11.8. The summed E-state index contributed by atoms with van der Waals surface area (Å²) < 4.78 is 5.80. The Balaban J connectivity index is 1.77. The summed E-state index contributed by atoms with van der Waals surface area (Å²) in [4.78, 5) is 15.7. The summed E-state index contributed by atoms with van der Waals surface area (Å²) in [7, 11) is 0. The molecule has 0 aliphatic carbocycles. The molecule has 0 aliphatic heterocycles. The number of nitrogens with zero attached hydrogens (tertiary/aromatic N) is 1. The average Bonchev–Trinajstić information content (AvgIpc) is 2.71. The lowest BCUT2D eigenvalue weighted by Gasteiger charge is -2.16. The molecular weight excluding hydrogens is 352 g/mol. The molecule has 1 atom stereocenters. The predicted molar refractivity (Wildman–Crippen MR) is 113 cm³/mol. The molecule has 0 bridgehead atoms. The Kier molecular flexibility index (Phi) is 9.01. The maximum Gasteiger partial charge on any atom is 0.248 e. The van der Waals surface area contributed by atoms with Crippen molar-refractivity contribution < 1.29 is 9.53 Å². The first-order chi connectivity index (χ1) is 13.6. The molecule has 2 rings (SSSR count). The van der Waals surface area contributed by atoms with Crippen molar-refractivity contribution in [2.75, 3.05) is 19.7 Å². The van der Waals surface area contributed by atoms with Crippen molar-refractivity contribution in [1.82, 2.24) is 10.6 Å². The second-order valence-electron chi connectivity index (χ2n) is 6.74. The van der Waals surface area contributed by atoms with E-state index >= 15 is 0 Å². The number of amides is 1. The van der Waals surface area contributed by atoms with E-state index in [0.29, 0.717) is 31.2 Å². The molecule has 28 heavy (non-hydrogen) atoms. The van der Waals surface area contributed by atoms with Gasteiger partial charge in [0.25, 0.3) is 0 Å². The van der Waals surface area contributed by atoms with Crippen molar-refractivity contribution in [2.24, 2.45) is 16.6 Å². The van der Waals surface area contributed by atoms with Gasteiger partial charge in [0.1, 0.15) is 0 Å². The molecule has 6 heteroatoms. The number of rotatable bonds is 10. The maximum atomic E-state index is 11.1. The van der Waals surface area contributed by atoms with E-state index in [-0.39, 0.29) is 0 Å². The molecule has 2 aromatic rings. The van der Waals surface area contributed by atoms with Gasteiger partial charge in [-0.15, -0.1) is 0 Å². The zero-order chi connectivity index (χ0) is 20.2. The topological polar surface area (TPSA) is 88.7 Å². The summed E-state index contributed by atoms with van der Waals surface area (Å²) in [5.74, 6) is 0.687. The van der Waals surface area contributed by atoms with E-state index in [9.17, 15) is 4.79 Å². The van der Waals surface area contributed by atoms with Crippen LogP contribution in [0.3, 0.4) is 0 Å². The highest BCUT2D eigenvalue weighted by Crippen LogP contribution is 2.06. The highest BCUT2D eigenvalue weighted by molar-refractivity contribution is 5.92. The van der Waals surface area contributed by atoms with Crippen LogP contribution in [0.1, 0.15) is 35.3 Å². The van der Waals surface area contributed by atoms with Gasteiger partial charge in [0.05, 0.1) is 19.8 Å². The van der Waals surface area contributed by atoms with Gasteiger partial charge < -0.3 is 21.1 Å². The van der Waals surface area contributed by atoms with Crippen molar-refractivity contribution in [1.29, 1.82) is 0 Å². The molecule has 0 heterocycles. The molecule has 0 fully saturated rings. The highest BCUT2D eigenvalue weighted by Gasteiger charge is 2.05. The average molecular weight is 383 g/mol. The molecule has 1 unspecified atom stereocenters. The molecule has 0 aliphatic rings. The number of nitrogens with one attached hydrogen (secondary N) is 2. The van der Waals surface area contributed by atoms with E-state index in [4.69, 9.17) is 10.5 Å². The number of guanidine groups is 1. The van der Waals surface area contributed by atoms with Crippen molar-refractivity contribution in [3.8, 4) is 0 Å². The minimum absolute atomic E-state index is 0.349. The van der Waals surface area contributed by atoms with Gasteiger partial charge in [0.2, 0.25) is 5.91 Å². The Labute approximate surface area is 167 Å². The van der Waals surface area contributed by atoms with Gasteiger partial charge in [-0.1, -0.05) is 49.4 Å². The molecule has 0 saturated carbocycles. The Morgan fingerprint density at radius 2 is 1.79 bits per heavy atom. The van der Waals surface area contributed by atoms with Crippen LogP contribution in [-0.4, -0.2) is 31.6 Å². The highest BCUT2D eigenvalue weighted by atomic mass is 16.5. The van der Waals surface area contributed by atoms with Crippen molar-refractivity contribution >= 4 is 11.9 Å². The first kappa shape index (κ1) is 21.4. The Bertz CT molecular complexity index is 745. The van der Waals surface area contributed by atoms with Crippen LogP contribution in [0.5, 0.6) is 0 Å². The smallest absolute Gasteiger partial charge is 0.248 e. The number of carbonyl (C=O) groups excluding carboxylic acids is 1. The van der Waals surface area contributed by atoms with E-state index in [2.05, 4.69) is 34.7 Å². The molecule has 0 radical (unpaired) electrons. The lowest BCUT2D eigenvalue weighted by molar-refractivity contribution is 0.0931. The van der Waals surface area contributed by atoms with E-state index in [0.717, 1.165) is 24.6 Å². The number of primary amides is 1. The molecule has 0 saturated heterocycles. The molecular formula is C22H30N4O2. The summed E-state index contributed by atoms with van der Waals surface area (Å²) in [6.45, 7) is 7.55. The Morgan fingerprint density at radius 1 is 1.07 bits per heavy atom. The largest absolute Gasteiger partial charge is 0.376 e. The summed E-state index contributed by atoms with van der Waals surface area (Å²) in [5, 5.41) is 6.60. The lowest BCUT2D eigenvalue weighted by Crippen LogP contribution is -2.40. The monoisotopic (exact) mass is 382 g/mol. The van der Waals surface area contributed by atoms with Crippen molar-refractivity contribution in [3.63, 3.8) is 0 Å². The standard InChI is InChI=1S/C22H30N4O2/c1-3-24-22(26-14-18-9-11-20(12-10-18)21(23)27)25-13-17(2)15-28-16-19-7-5-4-6-8-19/h4-12,17H,3,13-16H2,1-2H3,(H2,23,27)(H2,24,25,26). The summed E-state index contributed by atoms with van der Waals surface area (Å²) >= 11 is 0. The maximum absolute atomic E-state index is 11.1. The first-order valence-corrected chi connectivity index (χ1v) is 9.61. The normalized spacial score (nSPS) is 12.4. The van der Waals surface area contributed by atoms with Crippen LogP contribution in [0, 0.1) is 5.92 Å². The molecule has 150 valence electrons. The third-order valence-electron chi connectivity index (χ3n) is 4.13. The molecule has 4 N–H and O–H groups in total. The van der Waals surface area contributed by atoms with Gasteiger partial charge in [-0.05, 0) is 36.1 Å². The van der Waals surface area contributed by atoms with Crippen LogP contribution in [-0.2, 0) is 17.9 Å². The van der Waals surface area contributed by atoms with E-state index < -0.39 is 5.91 Å². The zero-order valence-electron chi connectivity index (χ0n) is 16.7. The Hall–Kier alpha value is -2.86. The third-order valence-corrected chi connectivity index (χ3v) is 4.13.